The molecule has 9 heteroatoms. The molecule has 0 radical (unpaired) electrons. The molecule has 0 heterocycles. The van der Waals surface area contributed by atoms with Crippen molar-refractivity contribution in [2.24, 2.45) is 0 Å². The first kappa shape index (κ1) is 47.7. The molecule has 8 nitrogen and oxygen atoms in total. The van der Waals surface area contributed by atoms with E-state index in [1.165, 1.54) is 0 Å². The number of hydrogen-bond acceptors (Lipinski definition) is 7. The Morgan fingerprint density at radius 2 is 0.941 bits per heavy atom. The molecule has 0 amide bonds. The van der Waals surface area contributed by atoms with E-state index in [4.69, 9.17) is 14.0 Å². The first-order valence-corrected chi connectivity index (χ1v) is 20.1. The Hall–Kier alpha value is -3.29. The van der Waals surface area contributed by atoms with Crippen LogP contribution in [0.2, 0.25) is 0 Å². The van der Waals surface area contributed by atoms with E-state index in [2.05, 4.69) is 122 Å². The van der Waals surface area contributed by atoms with E-state index < -0.39 is 32.5 Å². The topological polar surface area (TPSA) is 108 Å². The van der Waals surface area contributed by atoms with E-state index in [0.717, 1.165) is 77.7 Å². The number of rotatable bonds is 32. The molecular formula is C42H65O8P. The van der Waals surface area contributed by atoms with Gasteiger partial charge in [-0.3, -0.25) is 18.6 Å². The largest absolute Gasteiger partial charge is 0.472 e. The Morgan fingerprint density at radius 1 is 0.549 bits per heavy atom. The summed E-state index contributed by atoms with van der Waals surface area (Å²) in [5.74, 6) is -0.936. The van der Waals surface area contributed by atoms with Gasteiger partial charge in [-0.2, -0.15) is 0 Å². The number of ether oxygens (including phenoxy) is 2. The third-order valence-corrected chi connectivity index (χ3v) is 7.95. The van der Waals surface area contributed by atoms with Gasteiger partial charge in [0.15, 0.2) is 6.10 Å². The predicted octanol–water partition coefficient (Wildman–Crippen LogP) is 11.5. The maximum Gasteiger partial charge on any atom is 0.472 e. The fourth-order valence-electron chi connectivity index (χ4n) is 4.21. The van der Waals surface area contributed by atoms with Crippen molar-refractivity contribution in [1.29, 1.82) is 0 Å². The van der Waals surface area contributed by atoms with Gasteiger partial charge in [0.2, 0.25) is 0 Å². The molecule has 0 fully saturated rings. The molecule has 0 aliphatic rings. The van der Waals surface area contributed by atoms with E-state index in [9.17, 15) is 19.0 Å². The lowest BCUT2D eigenvalue weighted by atomic mass is 10.2. The molecule has 51 heavy (non-hydrogen) atoms. The predicted molar refractivity (Wildman–Crippen MR) is 211 cm³/mol. The lowest BCUT2D eigenvalue weighted by Crippen LogP contribution is -2.29. The maximum absolute atomic E-state index is 12.4. The maximum atomic E-state index is 12.4. The van der Waals surface area contributed by atoms with Crippen molar-refractivity contribution in [2.45, 2.75) is 123 Å². The van der Waals surface area contributed by atoms with Crippen LogP contribution in [0.4, 0.5) is 0 Å². The molecule has 0 spiro atoms. The first-order chi connectivity index (χ1) is 24.8. The summed E-state index contributed by atoms with van der Waals surface area (Å²) in [6, 6.07) is 0. The third-order valence-electron chi connectivity index (χ3n) is 7.01. The van der Waals surface area contributed by atoms with Crippen molar-refractivity contribution in [1.82, 2.24) is 0 Å². The second-order valence-electron chi connectivity index (χ2n) is 11.6. The highest BCUT2D eigenvalue weighted by Crippen LogP contribution is 2.42. The molecule has 0 rings (SSSR count). The minimum absolute atomic E-state index is 0.150. The van der Waals surface area contributed by atoms with Crippen LogP contribution in [0.5, 0.6) is 0 Å². The fourth-order valence-corrected chi connectivity index (χ4v) is 4.67. The molecule has 0 aromatic rings. The Morgan fingerprint density at radius 3 is 1.37 bits per heavy atom. The molecular weight excluding hydrogens is 663 g/mol. The summed E-state index contributed by atoms with van der Waals surface area (Å²) in [4.78, 5) is 34.3. The van der Waals surface area contributed by atoms with Crippen LogP contribution in [-0.4, -0.2) is 43.3 Å². The molecule has 0 saturated carbocycles. The summed E-state index contributed by atoms with van der Waals surface area (Å²) in [6.45, 7) is 3.54. The SMILES string of the molecule is CC/C=C\C/C=C\C/C=C\C/C=C\C/C=C\CCCC(=O)OC(COC(=O)CCCC/C=C\C/C=C\C/C=C\C/C=C\CC)COP(=O)(O)OC. The Balaban J connectivity index is 4.28. The number of unbranched alkanes of at least 4 members (excludes halogenated alkanes) is 3. The number of esters is 2. The molecule has 286 valence electrons. The molecule has 0 aliphatic carbocycles. The smallest absolute Gasteiger partial charge is 0.462 e. The van der Waals surface area contributed by atoms with E-state index in [-0.39, 0.29) is 19.4 Å². The van der Waals surface area contributed by atoms with Crippen LogP contribution in [0, 0.1) is 0 Å². The van der Waals surface area contributed by atoms with Gasteiger partial charge >= 0.3 is 19.8 Å². The van der Waals surface area contributed by atoms with Crippen molar-refractivity contribution in [2.75, 3.05) is 20.3 Å². The van der Waals surface area contributed by atoms with Gasteiger partial charge in [-0.05, 0) is 89.9 Å². The van der Waals surface area contributed by atoms with E-state index in [1.54, 1.807) is 0 Å². The quantitative estimate of drug-likeness (QED) is 0.0316. The minimum atomic E-state index is -4.29. The first-order valence-electron chi connectivity index (χ1n) is 18.6. The van der Waals surface area contributed by atoms with Gasteiger partial charge in [0.25, 0.3) is 0 Å². The highest BCUT2D eigenvalue weighted by atomic mass is 31.2. The average molecular weight is 729 g/mol. The average Bonchev–Trinajstić information content (AvgIpc) is 3.12. The van der Waals surface area contributed by atoms with E-state index in [0.29, 0.717) is 19.3 Å². The van der Waals surface area contributed by atoms with Crippen LogP contribution >= 0.6 is 7.82 Å². The molecule has 0 saturated heterocycles. The number of carbonyl (C=O) groups excluding carboxylic acids is 2. The molecule has 0 bridgehead atoms. The molecule has 0 aliphatic heterocycles. The van der Waals surface area contributed by atoms with Crippen molar-refractivity contribution in [3.05, 3.63) is 109 Å². The summed E-state index contributed by atoms with van der Waals surface area (Å²) < 4.78 is 31.8. The van der Waals surface area contributed by atoms with Crippen LogP contribution < -0.4 is 0 Å². The van der Waals surface area contributed by atoms with Gasteiger partial charge in [0, 0.05) is 20.0 Å². The number of carbonyl (C=O) groups is 2. The lowest BCUT2D eigenvalue weighted by molar-refractivity contribution is -0.161. The number of allylic oxidation sites excluding steroid dienone is 18. The zero-order valence-corrected chi connectivity index (χ0v) is 32.3. The van der Waals surface area contributed by atoms with Gasteiger partial charge in [-0.15, -0.1) is 0 Å². The van der Waals surface area contributed by atoms with Crippen LogP contribution in [0.1, 0.15) is 117 Å². The molecule has 1 N–H and O–H groups in total. The van der Waals surface area contributed by atoms with Crippen molar-refractivity contribution in [3.63, 3.8) is 0 Å². The fraction of sp³-hybridized carbons (Fsp3) is 0.524. The van der Waals surface area contributed by atoms with E-state index >= 15 is 0 Å². The standard InChI is InChI=1S/C42H65O8P/c1-4-6-8-10-12-14-16-18-20-21-23-25-27-29-31-33-35-37-42(44)50-40(39-49-51(45,46)47-3)38-48-41(43)36-34-32-30-28-26-24-22-19-17-15-13-11-9-7-5-2/h6-9,12-15,18-20,22-23,25-26,28-29,31,40H,4-5,10-11,16-17,21,24,27,30,32-39H2,1-3H3,(H,45,46)/b8-6-,9-7-,14-12-,15-13-,20-18-,22-19-,25-23-,28-26-,31-29-. The van der Waals surface area contributed by atoms with Crippen LogP contribution in [0.15, 0.2) is 109 Å². The summed E-state index contributed by atoms with van der Waals surface area (Å²) in [5.41, 5.74) is 0. The number of phosphoric ester groups is 1. The highest BCUT2D eigenvalue weighted by molar-refractivity contribution is 7.47. The lowest BCUT2D eigenvalue weighted by Gasteiger charge is -2.19. The molecule has 2 unspecified atom stereocenters. The van der Waals surface area contributed by atoms with Gasteiger partial charge in [-0.25, -0.2) is 4.57 Å². The molecule has 0 aromatic carbocycles. The van der Waals surface area contributed by atoms with Gasteiger partial charge < -0.3 is 14.4 Å². The van der Waals surface area contributed by atoms with E-state index in [1.807, 2.05) is 6.08 Å². The van der Waals surface area contributed by atoms with Gasteiger partial charge in [-0.1, -0.05) is 123 Å². The van der Waals surface area contributed by atoms with Crippen molar-refractivity contribution < 1.29 is 37.6 Å². The Labute approximate surface area is 309 Å². The van der Waals surface area contributed by atoms with Crippen LogP contribution in [-0.2, 0) is 32.7 Å². The summed E-state index contributed by atoms with van der Waals surface area (Å²) in [6.07, 6.45) is 50.1. The van der Waals surface area contributed by atoms with Crippen molar-refractivity contribution >= 4 is 19.8 Å². The molecule has 0 aromatic heterocycles. The van der Waals surface area contributed by atoms with Crippen LogP contribution in [0.25, 0.3) is 0 Å². The van der Waals surface area contributed by atoms with Crippen LogP contribution in [0.3, 0.4) is 0 Å². The van der Waals surface area contributed by atoms with Crippen molar-refractivity contribution in [3.8, 4) is 0 Å². The summed E-state index contributed by atoms with van der Waals surface area (Å²) >= 11 is 0. The van der Waals surface area contributed by atoms with Gasteiger partial charge in [0.1, 0.15) is 6.61 Å². The second-order valence-corrected chi connectivity index (χ2v) is 13.1. The Kier molecular flexibility index (Phi) is 34.1. The second kappa shape index (κ2) is 36.5. The zero-order valence-electron chi connectivity index (χ0n) is 31.4. The minimum Gasteiger partial charge on any atom is -0.462 e. The zero-order chi connectivity index (χ0) is 37.5. The normalized spacial score (nSPS) is 14.7. The highest BCUT2D eigenvalue weighted by Gasteiger charge is 2.24. The number of hydrogen-bond donors (Lipinski definition) is 1. The third kappa shape index (κ3) is 36.3. The summed E-state index contributed by atoms with van der Waals surface area (Å²) in [5, 5.41) is 0. The monoisotopic (exact) mass is 728 g/mol. The molecule has 2 atom stereocenters. The van der Waals surface area contributed by atoms with Gasteiger partial charge in [0.05, 0.1) is 6.61 Å². The number of phosphoric acid groups is 1. The Bertz CT molecular complexity index is 1190. The summed E-state index contributed by atoms with van der Waals surface area (Å²) in [7, 11) is -3.25.